The first kappa shape index (κ1) is 14.7. The van der Waals surface area contributed by atoms with Gasteiger partial charge in [-0.25, -0.2) is 8.42 Å². The van der Waals surface area contributed by atoms with Crippen LogP contribution in [-0.4, -0.2) is 27.5 Å². The Bertz CT molecular complexity index is 437. The Hall–Kier alpha value is -0.390. The highest BCUT2D eigenvalue weighted by Gasteiger charge is 2.15. The summed E-state index contributed by atoms with van der Waals surface area (Å²) in [5.41, 5.74) is 1.37. The van der Waals surface area contributed by atoms with Gasteiger partial charge in [-0.15, -0.1) is 11.3 Å². The molecule has 0 radical (unpaired) electrons. The highest BCUT2D eigenvalue weighted by Crippen LogP contribution is 2.28. The second-order valence-electron chi connectivity index (χ2n) is 4.28. The molecule has 0 bridgehead atoms. The third-order valence-corrected chi connectivity index (χ3v) is 4.94. The minimum atomic E-state index is -2.84. The van der Waals surface area contributed by atoms with Crippen molar-refractivity contribution in [2.75, 3.05) is 19.1 Å². The van der Waals surface area contributed by atoms with Gasteiger partial charge in [0.15, 0.2) is 0 Å². The lowest BCUT2D eigenvalue weighted by molar-refractivity contribution is 0.540. The molecule has 0 spiro atoms. The molecule has 5 heteroatoms. The van der Waals surface area contributed by atoms with Crippen molar-refractivity contribution in [3.8, 4) is 0 Å². The van der Waals surface area contributed by atoms with Gasteiger partial charge in [-0.2, -0.15) is 0 Å². The van der Waals surface area contributed by atoms with Crippen LogP contribution in [0.15, 0.2) is 11.4 Å². The van der Waals surface area contributed by atoms with E-state index in [0.29, 0.717) is 6.42 Å². The molecule has 0 fully saturated rings. The van der Waals surface area contributed by atoms with Crippen LogP contribution in [0.4, 0.5) is 0 Å². The zero-order chi connectivity index (χ0) is 12.9. The SMILES string of the molecule is CCc1ccsc1C(CCCS(C)(=O)=O)NC. The fraction of sp³-hybridized carbons (Fsp3) is 0.667. The molecule has 98 valence electrons. The third-order valence-electron chi connectivity index (χ3n) is 2.83. The summed E-state index contributed by atoms with van der Waals surface area (Å²) in [7, 11) is -0.902. The lowest BCUT2D eigenvalue weighted by atomic mass is 10.1. The van der Waals surface area contributed by atoms with Gasteiger partial charge < -0.3 is 5.32 Å². The molecule has 0 amide bonds. The van der Waals surface area contributed by atoms with E-state index in [1.165, 1.54) is 16.7 Å². The summed E-state index contributed by atoms with van der Waals surface area (Å²) in [6, 6.07) is 2.44. The Morgan fingerprint density at radius 1 is 1.47 bits per heavy atom. The van der Waals surface area contributed by atoms with Gasteiger partial charge in [0, 0.05) is 22.9 Å². The normalized spacial score (nSPS) is 13.8. The van der Waals surface area contributed by atoms with Gasteiger partial charge >= 0.3 is 0 Å². The molecule has 1 heterocycles. The van der Waals surface area contributed by atoms with Gasteiger partial charge in [0.05, 0.1) is 0 Å². The predicted molar refractivity (Wildman–Crippen MR) is 74.4 cm³/mol. The molecule has 1 atom stereocenters. The highest BCUT2D eigenvalue weighted by atomic mass is 32.2. The van der Waals surface area contributed by atoms with Crippen LogP contribution in [0.1, 0.15) is 36.2 Å². The van der Waals surface area contributed by atoms with Crippen LogP contribution in [-0.2, 0) is 16.3 Å². The molecular weight excluding hydrogens is 254 g/mol. The first-order valence-corrected chi connectivity index (χ1v) is 8.83. The molecule has 1 N–H and O–H groups in total. The molecule has 1 rings (SSSR count). The van der Waals surface area contributed by atoms with Crippen LogP contribution in [0.5, 0.6) is 0 Å². The molecule has 0 aliphatic rings. The van der Waals surface area contributed by atoms with E-state index in [-0.39, 0.29) is 11.8 Å². The van der Waals surface area contributed by atoms with Gasteiger partial charge in [-0.05, 0) is 43.3 Å². The fourth-order valence-electron chi connectivity index (χ4n) is 1.90. The molecule has 17 heavy (non-hydrogen) atoms. The van der Waals surface area contributed by atoms with Crippen molar-refractivity contribution in [1.82, 2.24) is 5.32 Å². The summed E-state index contributed by atoms with van der Waals surface area (Å²) < 4.78 is 22.2. The number of hydrogen-bond acceptors (Lipinski definition) is 4. The van der Waals surface area contributed by atoms with Crippen LogP contribution in [0.2, 0.25) is 0 Å². The number of aryl methyl sites for hydroxylation is 1. The number of sulfone groups is 1. The Morgan fingerprint density at radius 2 is 2.18 bits per heavy atom. The first-order chi connectivity index (χ1) is 7.98. The van der Waals surface area contributed by atoms with Crippen molar-refractivity contribution in [2.45, 2.75) is 32.2 Å². The monoisotopic (exact) mass is 275 g/mol. The summed E-state index contributed by atoms with van der Waals surface area (Å²) in [6.45, 7) is 2.15. The summed E-state index contributed by atoms with van der Waals surface area (Å²) >= 11 is 1.75. The second kappa shape index (κ2) is 6.52. The van der Waals surface area contributed by atoms with Gasteiger partial charge in [0.2, 0.25) is 0 Å². The maximum absolute atomic E-state index is 11.1. The second-order valence-corrected chi connectivity index (χ2v) is 7.48. The van der Waals surface area contributed by atoms with Crippen molar-refractivity contribution < 1.29 is 8.42 Å². The number of thiophene rings is 1. The molecular formula is C12H21NO2S2. The van der Waals surface area contributed by atoms with E-state index < -0.39 is 9.84 Å². The molecule has 1 unspecified atom stereocenters. The zero-order valence-corrected chi connectivity index (χ0v) is 12.3. The van der Waals surface area contributed by atoms with Crippen molar-refractivity contribution in [3.63, 3.8) is 0 Å². The Labute approximate surface area is 108 Å². The van der Waals surface area contributed by atoms with Crippen molar-refractivity contribution in [2.24, 2.45) is 0 Å². The molecule has 0 aliphatic heterocycles. The van der Waals surface area contributed by atoms with E-state index in [4.69, 9.17) is 0 Å². The van der Waals surface area contributed by atoms with Crippen molar-refractivity contribution in [3.05, 3.63) is 21.9 Å². The maximum atomic E-state index is 11.1. The van der Waals surface area contributed by atoms with Crippen LogP contribution in [0.3, 0.4) is 0 Å². The zero-order valence-electron chi connectivity index (χ0n) is 10.7. The predicted octanol–water partition coefficient (Wildman–Crippen LogP) is 2.40. The van der Waals surface area contributed by atoms with E-state index in [1.807, 2.05) is 7.05 Å². The maximum Gasteiger partial charge on any atom is 0.147 e. The van der Waals surface area contributed by atoms with Gasteiger partial charge in [-0.1, -0.05) is 6.92 Å². The quantitative estimate of drug-likeness (QED) is 0.831. The third kappa shape index (κ3) is 4.77. The minimum Gasteiger partial charge on any atom is -0.312 e. The Balaban J connectivity index is 2.60. The molecule has 0 aromatic carbocycles. The van der Waals surface area contributed by atoms with Gasteiger partial charge in [0.1, 0.15) is 9.84 Å². The van der Waals surface area contributed by atoms with E-state index in [1.54, 1.807) is 11.3 Å². The smallest absolute Gasteiger partial charge is 0.147 e. The Kier molecular flexibility index (Phi) is 5.62. The molecule has 1 aromatic rings. The molecule has 0 saturated carbocycles. The highest BCUT2D eigenvalue weighted by molar-refractivity contribution is 7.90. The van der Waals surface area contributed by atoms with Crippen molar-refractivity contribution in [1.29, 1.82) is 0 Å². The fourth-order valence-corrected chi connectivity index (χ4v) is 3.74. The van der Waals surface area contributed by atoms with Crippen molar-refractivity contribution >= 4 is 21.2 Å². The van der Waals surface area contributed by atoms with Gasteiger partial charge in [-0.3, -0.25) is 0 Å². The molecule has 0 saturated heterocycles. The average molecular weight is 275 g/mol. The molecule has 1 aromatic heterocycles. The largest absolute Gasteiger partial charge is 0.312 e. The lowest BCUT2D eigenvalue weighted by Gasteiger charge is -2.16. The summed E-state index contributed by atoms with van der Waals surface area (Å²) in [6.07, 6.45) is 3.91. The number of rotatable bonds is 7. The summed E-state index contributed by atoms with van der Waals surface area (Å²) in [5.74, 6) is 0.276. The first-order valence-electron chi connectivity index (χ1n) is 5.89. The average Bonchev–Trinajstić information content (AvgIpc) is 2.70. The van der Waals surface area contributed by atoms with E-state index in [9.17, 15) is 8.42 Å². The van der Waals surface area contributed by atoms with Gasteiger partial charge in [0.25, 0.3) is 0 Å². The van der Waals surface area contributed by atoms with Crippen LogP contribution in [0.25, 0.3) is 0 Å². The van der Waals surface area contributed by atoms with E-state index in [2.05, 4.69) is 23.7 Å². The Morgan fingerprint density at radius 3 is 2.71 bits per heavy atom. The number of hydrogen-bond donors (Lipinski definition) is 1. The standard InChI is InChI=1S/C12H21NO2S2/c1-4-10-7-8-16-12(10)11(13-2)6-5-9-17(3,14)15/h7-8,11,13H,4-6,9H2,1-3H3. The number of nitrogens with one attached hydrogen (secondary N) is 1. The van der Waals surface area contributed by atoms with E-state index in [0.717, 1.165) is 12.8 Å². The van der Waals surface area contributed by atoms with Crippen LogP contribution in [0, 0.1) is 0 Å². The summed E-state index contributed by atoms with van der Waals surface area (Å²) in [4.78, 5) is 1.35. The molecule has 0 aliphatic carbocycles. The van der Waals surface area contributed by atoms with E-state index >= 15 is 0 Å². The topological polar surface area (TPSA) is 46.2 Å². The minimum absolute atomic E-state index is 0.276. The molecule has 3 nitrogen and oxygen atoms in total. The summed E-state index contributed by atoms with van der Waals surface area (Å²) in [5, 5.41) is 5.39. The van der Waals surface area contributed by atoms with Crippen LogP contribution < -0.4 is 5.32 Å². The lowest BCUT2D eigenvalue weighted by Crippen LogP contribution is -2.17. The van der Waals surface area contributed by atoms with Crippen LogP contribution >= 0.6 is 11.3 Å².